The maximum atomic E-state index is 10.5. The number of hydrogen-bond acceptors (Lipinski definition) is 2. The van der Waals surface area contributed by atoms with Crippen LogP contribution in [0.5, 0.6) is 5.75 Å². The molecule has 0 aliphatic rings. The highest BCUT2D eigenvalue weighted by Crippen LogP contribution is 2.25. The number of rotatable bonds is 8. The molecule has 1 atom stereocenters. The van der Waals surface area contributed by atoms with Crippen molar-refractivity contribution in [3.63, 3.8) is 0 Å². The smallest absolute Gasteiger partial charge is 0.120 e. The molecule has 0 saturated heterocycles. The Kier molecular flexibility index (Phi) is 7.06. The number of aryl methyl sites for hydroxylation is 1. The predicted octanol–water partition coefficient (Wildman–Crippen LogP) is 4.50. The van der Waals surface area contributed by atoms with E-state index in [1.807, 2.05) is 6.07 Å². The third kappa shape index (κ3) is 4.84. The van der Waals surface area contributed by atoms with Gasteiger partial charge >= 0.3 is 0 Å². The number of methoxy groups -OCH3 is 1. The molecule has 0 fully saturated rings. The Morgan fingerprint density at radius 1 is 1.35 bits per heavy atom. The van der Waals surface area contributed by atoms with Crippen LogP contribution in [0.3, 0.4) is 0 Å². The summed E-state index contributed by atoms with van der Waals surface area (Å²) in [7, 11) is 1.70. The first-order chi connectivity index (χ1) is 9.62. The zero-order valence-corrected chi connectivity index (χ0v) is 13.1. The molecule has 0 aromatic heterocycles. The van der Waals surface area contributed by atoms with Gasteiger partial charge in [0.15, 0.2) is 0 Å². The Bertz CT molecular complexity index is 460. The third-order valence-electron chi connectivity index (χ3n) is 3.89. The summed E-state index contributed by atoms with van der Waals surface area (Å²) >= 11 is 0. The van der Waals surface area contributed by atoms with E-state index in [-0.39, 0.29) is 0 Å². The van der Waals surface area contributed by atoms with Crippen LogP contribution in [0.2, 0.25) is 0 Å². The van der Waals surface area contributed by atoms with Crippen molar-refractivity contribution < 1.29 is 9.53 Å². The number of allylic oxidation sites excluding steroid dienone is 2. The molecule has 1 aromatic carbocycles. The second-order valence-corrected chi connectivity index (χ2v) is 5.30. The van der Waals surface area contributed by atoms with Crippen molar-refractivity contribution in [1.29, 1.82) is 0 Å². The summed E-state index contributed by atoms with van der Waals surface area (Å²) in [5, 5.41) is 0. The molecule has 0 aliphatic heterocycles. The molecule has 0 spiro atoms. The van der Waals surface area contributed by atoms with Gasteiger partial charge < -0.3 is 9.53 Å². The monoisotopic (exact) mass is 274 g/mol. The van der Waals surface area contributed by atoms with E-state index >= 15 is 0 Å². The van der Waals surface area contributed by atoms with Gasteiger partial charge in [0, 0.05) is 6.42 Å². The van der Waals surface area contributed by atoms with Gasteiger partial charge in [0.05, 0.1) is 7.11 Å². The summed E-state index contributed by atoms with van der Waals surface area (Å²) in [6, 6.07) is 6.22. The van der Waals surface area contributed by atoms with E-state index in [0.717, 1.165) is 31.3 Å². The largest absolute Gasteiger partial charge is 0.497 e. The highest BCUT2D eigenvalue weighted by atomic mass is 16.5. The van der Waals surface area contributed by atoms with Crippen LogP contribution < -0.4 is 4.74 Å². The Morgan fingerprint density at radius 2 is 2.10 bits per heavy atom. The van der Waals surface area contributed by atoms with Crippen LogP contribution in [-0.4, -0.2) is 13.4 Å². The molecule has 110 valence electrons. The average Bonchev–Trinajstić information content (AvgIpc) is 2.47. The summed E-state index contributed by atoms with van der Waals surface area (Å²) in [6.45, 7) is 6.59. The number of ether oxygens (including phenoxy) is 1. The first kappa shape index (κ1) is 16.5. The lowest BCUT2D eigenvalue weighted by Gasteiger charge is -2.16. The summed E-state index contributed by atoms with van der Waals surface area (Å²) in [6.07, 6.45) is 6.74. The molecule has 0 saturated carbocycles. The molecule has 0 radical (unpaired) electrons. The Hall–Kier alpha value is -1.57. The first-order valence-corrected chi connectivity index (χ1v) is 7.38. The fraction of sp³-hybridized carbons (Fsp3) is 0.500. The number of carbonyl (C=O) groups excluding carboxylic acids is 1. The molecule has 1 rings (SSSR count). The molecule has 0 unspecified atom stereocenters. The first-order valence-electron chi connectivity index (χ1n) is 7.38. The van der Waals surface area contributed by atoms with Crippen LogP contribution in [0.1, 0.15) is 44.2 Å². The molecule has 0 amide bonds. The highest BCUT2D eigenvalue weighted by Gasteiger charge is 2.10. The number of unbranched alkanes of at least 4 members (excludes halogenated alkanes) is 1. The molecular weight excluding hydrogens is 248 g/mol. The second-order valence-electron chi connectivity index (χ2n) is 5.30. The van der Waals surface area contributed by atoms with Crippen LogP contribution in [-0.2, 0) is 11.2 Å². The molecule has 2 heteroatoms. The Labute approximate surface area is 122 Å². The lowest BCUT2D eigenvalue weighted by Crippen LogP contribution is -2.03. The molecule has 0 aliphatic carbocycles. The standard InChI is InChI=1S/C18H26O2/c1-5-14(2)16(8-6-7-11-19)12-17-13-18(20-4)10-9-15(17)3/h8-11,13-14H,5-7,12H2,1-4H3/b16-8-/t14-/m0/s1. The predicted molar refractivity (Wildman–Crippen MR) is 84.3 cm³/mol. The van der Waals surface area contributed by atoms with Gasteiger partial charge in [-0.25, -0.2) is 0 Å². The Balaban J connectivity index is 2.93. The van der Waals surface area contributed by atoms with Crippen molar-refractivity contribution >= 4 is 6.29 Å². The third-order valence-corrected chi connectivity index (χ3v) is 3.89. The van der Waals surface area contributed by atoms with E-state index in [9.17, 15) is 4.79 Å². The van der Waals surface area contributed by atoms with E-state index < -0.39 is 0 Å². The van der Waals surface area contributed by atoms with Gasteiger partial charge in [-0.05, 0) is 55.4 Å². The van der Waals surface area contributed by atoms with E-state index in [1.54, 1.807) is 7.11 Å². The number of carbonyl (C=O) groups is 1. The van der Waals surface area contributed by atoms with Crippen molar-refractivity contribution in [1.82, 2.24) is 0 Å². The molecule has 0 heterocycles. The van der Waals surface area contributed by atoms with Crippen LogP contribution in [0.4, 0.5) is 0 Å². The summed E-state index contributed by atoms with van der Waals surface area (Å²) in [5.41, 5.74) is 4.02. The normalized spacial score (nSPS) is 13.1. The molecular formula is C18H26O2. The summed E-state index contributed by atoms with van der Waals surface area (Å²) in [4.78, 5) is 10.5. The van der Waals surface area contributed by atoms with Gasteiger partial charge in [-0.1, -0.05) is 31.6 Å². The minimum Gasteiger partial charge on any atom is -0.497 e. The van der Waals surface area contributed by atoms with E-state index in [1.165, 1.54) is 16.7 Å². The van der Waals surface area contributed by atoms with Crippen LogP contribution in [0.15, 0.2) is 29.8 Å². The van der Waals surface area contributed by atoms with Gasteiger partial charge in [0.1, 0.15) is 12.0 Å². The zero-order valence-electron chi connectivity index (χ0n) is 13.1. The molecule has 20 heavy (non-hydrogen) atoms. The van der Waals surface area contributed by atoms with Crippen LogP contribution in [0, 0.1) is 12.8 Å². The maximum Gasteiger partial charge on any atom is 0.120 e. The second kappa shape index (κ2) is 8.57. The fourth-order valence-corrected chi connectivity index (χ4v) is 2.23. The molecule has 0 N–H and O–H groups in total. The maximum absolute atomic E-state index is 10.5. The average molecular weight is 274 g/mol. The summed E-state index contributed by atoms with van der Waals surface area (Å²) in [5.74, 6) is 1.45. The zero-order chi connectivity index (χ0) is 15.0. The SMILES string of the molecule is CC[C@H](C)/C(=C\CCC=O)Cc1cc(OC)ccc1C. The Morgan fingerprint density at radius 3 is 2.70 bits per heavy atom. The van der Waals surface area contributed by atoms with Gasteiger partial charge in [-0.3, -0.25) is 0 Å². The quantitative estimate of drug-likeness (QED) is 0.396. The minimum absolute atomic E-state index is 0.548. The summed E-state index contributed by atoms with van der Waals surface area (Å²) < 4.78 is 5.31. The molecule has 1 aromatic rings. The number of benzene rings is 1. The van der Waals surface area contributed by atoms with Crippen molar-refractivity contribution in [3.05, 3.63) is 41.0 Å². The molecule has 0 bridgehead atoms. The van der Waals surface area contributed by atoms with Crippen molar-refractivity contribution in [3.8, 4) is 5.75 Å². The van der Waals surface area contributed by atoms with Crippen molar-refractivity contribution in [2.24, 2.45) is 5.92 Å². The van der Waals surface area contributed by atoms with Gasteiger partial charge in [-0.15, -0.1) is 0 Å². The van der Waals surface area contributed by atoms with Gasteiger partial charge in [-0.2, -0.15) is 0 Å². The topological polar surface area (TPSA) is 26.3 Å². The van der Waals surface area contributed by atoms with Gasteiger partial charge in [0.2, 0.25) is 0 Å². The van der Waals surface area contributed by atoms with E-state index in [2.05, 4.69) is 39.0 Å². The van der Waals surface area contributed by atoms with E-state index in [0.29, 0.717) is 12.3 Å². The lowest BCUT2D eigenvalue weighted by molar-refractivity contribution is -0.107. The highest BCUT2D eigenvalue weighted by molar-refractivity contribution is 5.49. The minimum atomic E-state index is 0.548. The number of aldehydes is 1. The van der Waals surface area contributed by atoms with Crippen molar-refractivity contribution in [2.45, 2.75) is 46.5 Å². The lowest BCUT2D eigenvalue weighted by atomic mass is 9.90. The van der Waals surface area contributed by atoms with Crippen LogP contribution in [0.25, 0.3) is 0 Å². The van der Waals surface area contributed by atoms with Crippen molar-refractivity contribution in [2.75, 3.05) is 7.11 Å². The van der Waals surface area contributed by atoms with Gasteiger partial charge in [0.25, 0.3) is 0 Å². The fourth-order valence-electron chi connectivity index (χ4n) is 2.23. The molecule has 2 nitrogen and oxygen atoms in total. The van der Waals surface area contributed by atoms with E-state index in [4.69, 9.17) is 4.74 Å². The number of hydrogen-bond donors (Lipinski definition) is 0. The van der Waals surface area contributed by atoms with Crippen LogP contribution >= 0.6 is 0 Å².